The molecule has 1 aliphatic heterocycles. The number of benzene rings is 1. The lowest BCUT2D eigenvalue weighted by Gasteiger charge is -2.13. The molecule has 1 atom stereocenters. The summed E-state index contributed by atoms with van der Waals surface area (Å²) in [6, 6.07) is 4.86. The van der Waals surface area contributed by atoms with E-state index in [1.807, 2.05) is 31.5 Å². The molecule has 1 fully saturated rings. The first kappa shape index (κ1) is 19.7. The zero-order valence-corrected chi connectivity index (χ0v) is 16.9. The highest BCUT2D eigenvalue weighted by Crippen LogP contribution is 2.24. The van der Waals surface area contributed by atoms with Crippen molar-refractivity contribution in [1.29, 1.82) is 0 Å². The van der Waals surface area contributed by atoms with Crippen LogP contribution in [0, 0.1) is 0 Å². The molecule has 2 aromatic rings. The van der Waals surface area contributed by atoms with Gasteiger partial charge in [0.2, 0.25) is 0 Å². The minimum Gasteiger partial charge on any atom is -0.496 e. The summed E-state index contributed by atoms with van der Waals surface area (Å²) in [4.78, 5) is 17.0. The van der Waals surface area contributed by atoms with E-state index in [1.54, 1.807) is 18.2 Å². The average Bonchev–Trinajstić information content (AvgIpc) is 3.25. The number of hydrogen-bond acceptors (Lipinski definition) is 4. The zero-order valence-electron chi connectivity index (χ0n) is 16.1. The normalized spacial score (nSPS) is 18.1. The quantitative estimate of drug-likeness (QED) is 0.789. The van der Waals surface area contributed by atoms with E-state index in [9.17, 15) is 4.79 Å². The predicted molar refractivity (Wildman–Crippen MR) is 102 cm³/mol. The van der Waals surface area contributed by atoms with Gasteiger partial charge in [0.15, 0.2) is 0 Å². The molecule has 0 saturated carbocycles. The van der Waals surface area contributed by atoms with Crippen molar-refractivity contribution in [2.75, 3.05) is 13.7 Å². The van der Waals surface area contributed by atoms with Gasteiger partial charge >= 0.3 is 5.68 Å². The van der Waals surface area contributed by atoms with E-state index in [2.05, 4.69) is 4.99 Å². The van der Waals surface area contributed by atoms with E-state index in [0.29, 0.717) is 22.9 Å². The number of halogens is 1. The summed E-state index contributed by atoms with van der Waals surface area (Å²) in [5.74, 6) is 0.705. The molecule has 1 aliphatic rings. The van der Waals surface area contributed by atoms with Crippen LogP contribution >= 0.6 is 11.6 Å². The maximum atomic E-state index is 12.8. The minimum atomic E-state index is -0.467. The Hall–Kier alpha value is -2.05. The van der Waals surface area contributed by atoms with Crippen LogP contribution in [0.4, 0.5) is 0 Å². The van der Waals surface area contributed by atoms with Crippen molar-refractivity contribution in [3.63, 3.8) is 0 Å². The largest absolute Gasteiger partial charge is 0.496 e. The van der Waals surface area contributed by atoms with E-state index in [1.165, 1.54) is 7.11 Å². The molecule has 7 heteroatoms. The molecule has 0 radical (unpaired) electrons. The van der Waals surface area contributed by atoms with Crippen molar-refractivity contribution in [1.82, 2.24) is 4.57 Å². The second-order valence-electron chi connectivity index (χ2n) is 7.68. The van der Waals surface area contributed by atoms with E-state index < -0.39 is 5.91 Å². The topological polar surface area (TPSA) is 66.0 Å². The Morgan fingerprint density at radius 2 is 2.19 bits per heavy atom. The molecule has 3 rings (SSSR count). The molecule has 0 unspecified atom stereocenters. The molecule has 0 N–H and O–H groups in total. The molecule has 2 heterocycles. The number of amides is 1. The van der Waals surface area contributed by atoms with Crippen molar-refractivity contribution in [2.24, 2.45) is 4.99 Å². The fourth-order valence-electron chi connectivity index (χ4n) is 2.95. The molecular formula is C20H25ClN2O4. The lowest BCUT2D eigenvalue weighted by molar-refractivity contribution is 0.0930. The summed E-state index contributed by atoms with van der Waals surface area (Å²) in [6.07, 6.45) is 4.03. The molecule has 146 valence electrons. The Bertz CT molecular complexity index is 886. The summed E-state index contributed by atoms with van der Waals surface area (Å²) in [5, 5.41) is 0.441. The number of rotatable bonds is 4. The Labute approximate surface area is 163 Å². The van der Waals surface area contributed by atoms with Crippen LogP contribution in [-0.4, -0.2) is 30.3 Å². The van der Waals surface area contributed by atoms with Gasteiger partial charge in [-0.15, -0.1) is 0 Å². The molecule has 0 bridgehead atoms. The lowest BCUT2D eigenvalue weighted by Crippen LogP contribution is -2.24. The van der Waals surface area contributed by atoms with Crippen LogP contribution in [0.2, 0.25) is 5.02 Å². The predicted octanol–water partition coefficient (Wildman–Crippen LogP) is 3.96. The number of ether oxygens (including phenoxy) is 2. The number of methoxy groups -OCH3 is 1. The summed E-state index contributed by atoms with van der Waals surface area (Å²) in [6.45, 7) is 7.51. The van der Waals surface area contributed by atoms with Gasteiger partial charge in [-0.25, -0.2) is 0 Å². The van der Waals surface area contributed by atoms with Crippen LogP contribution in [0.3, 0.4) is 0 Å². The standard InChI is InChI=1S/C20H25ClN2O4/c1-20(2,3)17-12-23(11-14-6-5-9-26-14)19(27-17)22-18(24)15-10-13(21)7-8-16(15)25-4/h7-8,10,12,14H,5-6,9,11H2,1-4H3/b22-19+/t14-/m1/s1. The van der Waals surface area contributed by atoms with Gasteiger partial charge in [0, 0.05) is 23.2 Å². The zero-order chi connectivity index (χ0) is 19.6. The van der Waals surface area contributed by atoms with Gasteiger partial charge in [0.25, 0.3) is 5.91 Å². The fourth-order valence-corrected chi connectivity index (χ4v) is 3.12. The highest BCUT2D eigenvalue weighted by Gasteiger charge is 2.23. The maximum absolute atomic E-state index is 12.8. The second-order valence-corrected chi connectivity index (χ2v) is 8.11. The van der Waals surface area contributed by atoms with Crippen LogP contribution < -0.4 is 10.4 Å². The van der Waals surface area contributed by atoms with Gasteiger partial charge in [0.1, 0.15) is 11.5 Å². The van der Waals surface area contributed by atoms with Gasteiger partial charge in [-0.3, -0.25) is 9.36 Å². The third-order valence-electron chi connectivity index (χ3n) is 4.47. The first-order valence-corrected chi connectivity index (χ1v) is 9.40. The summed E-state index contributed by atoms with van der Waals surface area (Å²) in [7, 11) is 1.50. The molecule has 6 nitrogen and oxygen atoms in total. The lowest BCUT2D eigenvalue weighted by atomic mass is 9.94. The van der Waals surface area contributed by atoms with Crippen LogP contribution in [0.5, 0.6) is 5.75 Å². The number of carbonyl (C=O) groups excluding carboxylic acids is 1. The van der Waals surface area contributed by atoms with Crippen LogP contribution in [0.15, 0.2) is 33.8 Å². The first-order valence-electron chi connectivity index (χ1n) is 9.03. The minimum absolute atomic E-state index is 0.102. The fraction of sp³-hybridized carbons (Fsp3) is 0.500. The maximum Gasteiger partial charge on any atom is 0.305 e. The van der Waals surface area contributed by atoms with Crippen molar-refractivity contribution >= 4 is 17.5 Å². The number of nitrogens with zero attached hydrogens (tertiary/aromatic N) is 2. The smallest absolute Gasteiger partial charge is 0.305 e. The third-order valence-corrected chi connectivity index (χ3v) is 4.71. The summed E-state index contributed by atoms with van der Waals surface area (Å²) >= 11 is 6.03. The van der Waals surface area contributed by atoms with E-state index in [-0.39, 0.29) is 17.2 Å². The monoisotopic (exact) mass is 392 g/mol. The molecular weight excluding hydrogens is 368 g/mol. The third kappa shape index (κ3) is 4.62. The van der Waals surface area contributed by atoms with Gasteiger partial charge < -0.3 is 13.9 Å². The summed E-state index contributed by atoms with van der Waals surface area (Å²) in [5.41, 5.74) is 0.341. The van der Waals surface area contributed by atoms with Crippen LogP contribution in [-0.2, 0) is 16.7 Å². The van der Waals surface area contributed by atoms with Crippen molar-refractivity contribution < 1.29 is 18.7 Å². The van der Waals surface area contributed by atoms with E-state index in [4.69, 9.17) is 25.5 Å². The Morgan fingerprint density at radius 1 is 1.41 bits per heavy atom. The van der Waals surface area contributed by atoms with E-state index in [0.717, 1.165) is 25.2 Å². The molecule has 1 aromatic carbocycles. The Balaban J connectivity index is 2.02. The Morgan fingerprint density at radius 3 is 2.81 bits per heavy atom. The van der Waals surface area contributed by atoms with Crippen molar-refractivity contribution in [3.8, 4) is 5.75 Å². The highest BCUT2D eigenvalue weighted by molar-refractivity contribution is 6.31. The van der Waals surface area contributed by atoms with Crippen molar-refractivity contribution in [2.45, 2.75) is 51.7 Å². The van der Waals surface area contributed by atoms with Gasteiger partial charge in [-0.05, 0) is 31.0 Å². The number of oxazole rings is 1. The molecule has 0 aliphatic carbocycles. The number of carbonyl (C=O) groups is 1. The number of aromatic nitrogens is 1. The first-order chi connectivity index (χ1) is 12.8. The molecule has 1 aromatic heterocycles. The van der Waals surface area contributed by atoms with Gasteiger partial charge in [0.05, 0.1) is 25.3 Å². The van der Waals surface area contributed by atoms with Crippen LogP contribution in [0.1, 0.15) is 49.7 Å². The molecule has 1 amide bonds. The van der Waals surface area contributed by atoms with Crippen LogP contribution in [0.25, 0.3) is 0 Å². The number of hydrogen-bond donors (Lipinski definition) is 0. The Kier molecular flexibility index (Phi) is 5.77. The second kappa shape index (κ2) is 7.90. The van der Waals surface area contributed by atoms with Crippen molar-refractivity contribution in [3.05, 3.63) is 46.4 Å². The average molecular weight is 393 g/mol. The van der Waals surface area contributed by atoms with E-state index >= 15 is 0 Å². The molecule has 27 heavy (non-hydrogen) atoms. The van der Waals surface area contributed by atoms with Gasteiger partial charge in [-0.2, -0.15) is 4.99 Å². The highest BCUT2D eigenvalue weighted by atomic mass is 35.5. The van der Waals surface area contributed by atoms with Gasteiger partial charge in [-0.1, -0.05) is 32.4 Å². The molecule has 1 saturated heterocycles. The molecule has 0 spiro atoms. The SMILES string of the molecule is COc1ccc(Cl)cc1C(=O)/N=c1/oc(C(C)(C)C)cn1C[C@H]1CCCO1. The summed E-state index contributed by atoms with van der Waals surface area (Å²) < 4.78 is 18.8.